The normalized spacial score (nSPS) is 10.8. The molecule has 0 atom stereocenters. The lowest BCUT2D eigenvalue weighted by atomic mass is 10.0. The van der Waals surface area contributed by atoms with E-state index >= 15 is 0 Å². The number of hydrogen-bond acceptors (Lipinski definition) is 3. The molecule has 0 unspecified atom stereocenters. The van der Waals surface area contributed by atoms with Crippen molar-refractivity contribution in [2.75, 3.05) is 0 Å². The second kappa shape index (κ2) is 4.37. The minimum absolute atomic E-state index is 0.0201. The zero-order valence-electron chi connectivity index (χ0n) is 9.59. The van der Waals surface area contributed by atoms with Gasteiger partial charge in [-0.2, -0.15) is 0 Å². The van der Waals surface area contributed by atoms with Gasteiger partial charge in [0.2, 0.25) is 0 Å². The Morgan fingerprint density at radius 2 is 1.89 bits per heavy atom. The number of fused-ring (bicyclic) bond motifs is 1. The number of nitrogens with one attached hydrogen (secondary N) is 1. The number of carboxylic acids is 1. The molecule has 0 aliphatic carbocycles. The van der Waals surface area contributed by atoms with E-state index < -0.39 is 5.97 Å². The molecule has 0 spiro atoms. The number of aromatic amines is 1. The van der Waals surface area contributed by atoms with Gasteiger partial charge in [0.05, 0.1) is 0 Å². The number of rotatable bonds is 2. The van der Waals surface area contributed by atoms with Crippen molar-refractivity contribution in [3.05, 3.63) is 47.1 Å². The van der Waals surface area contributed by atoms with Crippen LogP contribution in [0.15, 0.2) is 36.4 Å². The summed E-state index contributed by atoms with van der Waals surface area (Å²) in [7, 11) is 0. The molecule has 0 saturated carbocycles. The van der Waals surface area contributed by atoms with Crippen molar-refractivity contribution >= 4 is 28.3 Å². The van der Waals surface area contributed by atoms with Gasteiger partial charge >= 0.3 is 5.97 Å². The number of benzene rings is 2. The van der Waals surface area contributed by atoms with E-state index in [2.05, 4.69) is 15.4 Å². The number of nitrogens with zero attached hydrogens (tertiary/aromatic N) is 2. The summed E-state index contributed by atoms with van der Waals surface area (Å²) in [5, 5.41) is 21.4. The monoisotopic (exact) mass is 273 g/mol. The van der Waals surface area contributed by atoms with E-state index in [1.54, 1.807) is 12.1 Å². The van der Waals surface area contributed by atoms with Crippen molar-refractivity contribution in [2.24, 2.45) is 0 Å². The molecule has 0 bridgehead atoms. The fourth-order valence-electron chi connectivity index (χ4n) is 1.94. The Morgan fingerprint density at radius 1 is 1.16 bits per heavy atom. The summed E-state index contributed by atoms with van der Waals surface area (Å²) >= 11 is 5.92. The quantitative estimate of drug-likeness (QED) is 0.752. The maximum Gasteiger partial charge on any atom is 0.356 e. The number of hydrogen-bond donors (Lipinski definition) is 2. The smallest absolute Gasteiger partial charge is 0.356 e. The maximum absolute atomic E-state index is 11.0. The van der Waals surface area contributed by atoms with Gasteiger partial charge in [-0.1, -0.05) is 35.0 Å². The number of halogens is 1. The first kappa shape index (κ1) is 11.7. The Labute approximate surface area is 112 Å². The highest BCUT2D eigenvalue weighted by Crippen LogP contribution is 2.26. The Bertz CT molecular complexity index is 782. The zero-order chi connectivity index (χ0) is 13.4. The molecule has 0 amide bonds. The van der Waals surface area contributed by atoms with Crippen LogP contribution < -0.4 is 0 Å². The molecule has 1 aromatic heterocycles. The Morgan fingerprint density at radius 3 is 2.68 bits per heavy atom. The van der Waals surface area contributed by atoms with Crippen LogP contribution in [0.5, 0.6) is 0 Å². The molecule has 0 aliphatic rings. The summed E-state index contributed by atoms with van der Waals surface area (Å²) in [6.07, 6.45) is 0. The van der Waals surface area contributed by atoms with Crippen LogP contribution in [0.4, 0.5) is 0 Å². The lowest BCUT2D eigenvalue weighted by molar-refractivity contribution is 0.0691. The van der Waals surface area contributed by atoms with Gasteiger partial charge in [-0.05, 0) is 29.0 Å². The molecule has 19 heavy (non-hydrogen) atoms. The lowest BCUT2D eigenvalue weighted by Gasteiger charge is -2.02. The minimum Gasteiger partial charge on any atom is -0.476 e. The summed E-state index contributed by atoms with van der Waals surface area (Å²) in [6.45, 7) is 0. The predicted molar refractivity (Wildman–Crippen MR) is 71.3 cm³/mol. The van der Waals surface area contributed by atoms with Gasteiger partial charge in [-0.3, -0.25) is 5.10 Å². The van der Waals surface area contributed by atoms with E-state index in [-0.39, 0.29) is 5.69 Å². The molecular weight excluding hydrogens is 266 g/mol. The highest BCUT2D eigenvalue weighted by molar-refractivity contribution is 6.31. The van der Waals surface area contributed by atoms with Crippen LogP contribution in [0.3, 0.4) is 0 Å². The molecule has 0 radical (unpaired) electrons. The molecule has 1 heterocycles. The maximum atomic E-state index is 11.0. The molecular formula is C13H8ClN3O2. The van der Waals surface area contributed by atoms with Crippen LogP contribution in [-0.4, -0.2) is 26.5 Å². The van der Waals surface area contributed by atoms with Crippen LogP contribution in [-0.2, 0) is 0 Å². The van der Waals surface area contributed by atoms with E-state index in [0.717, 1.165) is 10.8 Å². The molecule has 6 heteroatoms. The fourth-order valence-corrected chi connectivity index (χ4v) is 2.12. The third kappa shape index (κ3) is 2.04. The Kier molecular flexibility index (Phi) is 2.68. The Balaban J connectivity index is 2.18. The molecule has 2 aromatic carbocycles. The molecule has 5 nitrogen and oxygen atoms in total. The first-order valence-electron chi connectivity index (χ1n) is 5.49. The van der Waals surface area contributed by atoms with Gasteiger partial charge < -0.3 is 5.11 Å². The van der Waals surface area contributed by atoms with E-state index in [1.165, 1.54) is 0 Å². The van der Waals surface area contributed by atoms with Crippen LogP contribution >= 0.6 is 11.6 Å². The first-order chi connectivity index (χ1) is 9.15. The van der Waals surface area contributed by atoms with Gasteiger partial charge in [0, 0.05) is 10.6 Å². The molecule has 3 aromatic rings. The number of aromatic nitrogens is 3. The topological polar surface area (TPSA) is 78.9 Å². The number of H-pyrrole nitrogens is 1. The summed E-state index contributed by atoms with van der Waals surface area (Å²) in [5.41, 5.74) is 0.999. The van der Waals surface area contributed by atoms with Crippen molar-refractivity contribution in [1.82, 2.24) is 15.4 Å². The summed E-state index contributed by atoms with van der Waals surface area (Å²) in [5.74, 6) is -1.09. The highest BCUT2D eigenvalue weighted by Gasteiger charge is 2.16. The second-order valence-electron chi connectivity index (χ2n) is 4.05. The van der Waals surface area contributed by atoms with Crippen molar-refractivity contribution in [3.8, 4) is 11.3 Å². The van der Waals surface area contributed by atoms with E-state index in [1.807, 2.05) is 24.3 Å². The summed E-state index contributed by atoms with van der Waals surface area (Å²) in [4.78, 5) is 11.0. The largest absolute Gasteiger partial charge is 0.476 e. The van der Waals surface area contributed by atoms with Crippen LogP contribution in [0.2, 0.25) is 5.02 Å². The predicted octanol–water partition coefficient (Wildman–Crippen LogP) is 2.98. The summed E-state index contributed by atoms with van der Waals surface area (Å²) in [6, 6.07) is 11.0. The molecule has 0 saturated heterocycles. The number of carbonyl (C=O) groups is 1. The highest BCUT2D eigenvalue weighted by atomic mass is 35.5. The molecule has 0 fully saturated rings. The van der Waals surface area contributed by atoms with Gasteiger partial charge in [-0.15, -0.1) is 5.10 Å². The third-order valence-electron chi connectivity index (χ3n) is 2.84. The van der Waals surface area contributed by atoms with Gasteiger partial charge in [0.25, 0.3) is 0 Å². The first-order valence-corrected chi connectivity index (χ1v) is 5.87. The standard InChI is InChI=1S/C13H8ClN3O2/c14-10-4-3-7-5-9(2-1-8(7)6-10)11-12(13(18)19)16-17-15-11/h1-6H,(H,18,19)(H,15,16,17). The van der Waals surface area contributed by atoms with Crippen molar-refractivity contribution in [2.45, 2.75) is 0 Å². The van der Waals surface area contributed by atoms with E-state index in [9.17, 15) is 4.79 Å². The van der Waals surface area contributed by atoms with Crippen LogP contribution in [0, 0.1) is 0 Å². The van der Waals surface area contributed by atoms with E-state index in [0.29, 0.717) is 16.3 Å². The number of aromatic carboxylic acids is 1. The summed E-state index contributed by atoms with van der Waals surface area (Å²) < 4.78 is 0. The second-order valence-corrected chi connectivity index (χ2v) is 4.48. The fraction of sp³-hybridized carbons (Fsp3) is 0. The average Bonchev–Trinajstić information content (AvgIpc) is 2.87. The molecule has 3 rings (SSSR count). The van der Waals surface area contributed by atoms with Crippen molar-refractivity contribution in [1.29, 1.82) is 0 Å². The van der Waals surface area contributed by atoms with E-state index in [4.69, 9.17) is 16.7 Å². The van der Waals surface area contributed by atoms with Crippen molar-refractivity contribution in [3.63, 3.8) is 0 Å². The van der Waals surface area contributed by atoms with Gasteiger partial charge in [-0.25, -0.2) is 4.79 Å². The minimum atomic E-state index is -1.09. The SMILES string of the molecule is O=C(O)c1[nH]nnc1-c1ccc2cc(Cl)ccc2c1. The molecule has 0 aliphatic heterocycles. The average molecular weight is 274 g/mol. The third-order valence-corrected chi connectivity index (χ3v) is 3.07. The van der Waals surface area contributed by atoms with Crippen molar-refractivity contribution < 1.29 is 9.90 Å². The molecule has 94 valence electrons. The van der Waals surface area contributed by atoms with Gasteiger partial charge in [0.15, 0.2) is 5.69 Å². The zero-order valence-corrected chi connectivity index (χ0v) is 10.3. The number of carboxylic acid groups (broad SMARTS) is 1. The van der Waals surface area contributed by atoms with Gasteiger partial charge in [0.1, 0.15) is 5.69 Å². The molecule has 2 N–H and O–H groups in total. The lowest BCUT2D eigenvalue weighted by Crippen LogP contribution is -1.99. The van der Waals surface area contributed by atoms with Crippen LogP contribution in [0.25, 0.3) is 22.0 Å². The Hall–Kier alpha value is -2.40. The van der Waals surface area contributed by atoms with Crippen LogP contribution in [0.1, 0.15) is 10.5 Å².